The fourth-order valence-electron chi connectivity index (χ4n) is 2.44. The van der Waals surface area contributed by atoms with Crippen molar-refractivity contribution in [3.8, 4) is 0 Å². The van der Waals surface area contributed by atoms with Crippen molar-refractivity contribution in [3.05, 3.63) is 11.6 Å². The molecule has 1 saturated heterocycles. The molecule has 0 spiro atoms. The van der Waals surface area contributed by atoms with Crippen LogP contribution in [0.25, 0.3) is 0 Å². The number of carbonyl (C=O) groups is 2. The molecule has 0 aromatic rings. The molecule has 1 rings (SSSR count). The highest BCUT2D eigenvalue weighted by Gasteiger charge is 2.15. The molecule has 23 heavy (non-hydrogen) atoms. The molecular weight excluding hydrogens is 296 g/mol. The maximum absolute atomic E-state index is 12.3. The Bertz CT molecular complexity index is 399. The van der Waals surface area contributed by atoms with E-state index in [1.807, 2.05) is 13.8 Å². The van der Waals surface area contributed by atoms with E-state index in [1.165, 1.54) is 0 Å². The summed E-state index contributed by atoms with van der Waals surface area (Å²) in [5, 5.41) is 0. The van der Waals surface area contributed by atoms with Crippen LogP contribution in [0.5, 0.6) is 0 Å². The number of rotatable bonds is 9. The second-order valence-corrected chi connectivity index (χ2v) is 5.91. The summed E-state index contributed by atoms with van der Waals surface area (Å²) in [6.07, 6.45) is 2.76. The third kappa shape index (κ3) is 8.71. The molecular formula is C17H30N2O4. The summed E-state index contributed by atoms with van der Waals surface area (Å²) in [6.45, 7) is 11.4. The highest BCUT2D eigenvalue weighted by atomic mass is 16.5. The van der Waals surface area contributed by atoms with E-state index < -0.39 is 0 Å². The van der Waals surface area contributed by atoms with E-state index in [4.69, 9.17) is 9.47 Å². The van der Waals surface area contributed by atoms with Gasteiger partial charge in [0.1, 0.15) is 0 Å². The van der Waals surface area contributed by atoms with Crippen LogP contribution < -0.4 is 0 Å². The Labute approximate surface area is 139 Å². The lowest BCUT2D eigenvalue weighted by Crippen LogP contribution is -2.39. The van der Waals surface area contributed by atoms with Gasteiger partial charge in [0.2, 0.25) is 5.91 Å². The van der Waals surface area contributed by atoms with Gasteiger partial charge in [-0.3, -0.25) is 14.5 Å². The Morgan fingerprint density at radius 1 is 1.22 bits per heavy atom. The number of ether oxygens (including phenoxy) is 2. The molecule has 1 amide bonds. The van der Waals surface area contributed by atoms with Gasteiger partial charge >= 0.3 is 5.97 Å². The van der Waals surface area contributed by atoms with Crippen LogP contribution in [0.3, 0.4) is 0 Å². The largest absolute Gasteiger partial charge is 0.466 e. The van der Waals surface area contributed by atoms with Gasteiger partial charge in [-0.05, 0) is 27.2 Å². The number of carbonyl (C=O) groups excluding carboxylic acids is 2. The van der Waals surface area contributed by atoms with Gasteiger partial charge in [-0.1, -0.05) is 5.57 Å². The highest BCUT2D eigenvalue weighted by Crippen LogP contribution is 2.04. The minimum atomic E-state index is -0.254. The van der Waals surface area contributed by atoms with E-state index >= 15 is 0 Å². The van der Waals surface area contributed by atoms with Crippen molar-refractivity contribution in [3.63, 3.8) is 0 Å². The Hall–Kier alpha value is -1.40. The van der Waals surface area contributed by atoms with Crippen molar-refractivity contribution in [2.24, 2.45) is 0 Å². The van der Waals surface area contributed by atoms with Crippen molar-refractivity contribution in [2.75, 3.05) is 52.5 Å². The topological polar surface area (TPSA) is 59.1 Å². The Morgan fingerprint density at radius 2 is 1.91 bits per heavy atom. The molecule has 0 radical (unpaired) electrons. The minimum absolute atomic E-state index is 0.0312. The summed E-state index contributed by atoms with van der Waals surface area (Å²) in [4.78, 5) is 27.9. The van der Waals surface area contributed by atoms with Gasteiger partial charge in [0.25, 0.3) is 0 Å². The lowest BCUT2D eigenvalue weighted by molar-refractivity contribution is -0.143. The Morgan fingerprint density at radius 3 is 2.52 bits per heavy atom. The van der Waals surface area contributed by atoms with E-state index in [9.17, 15) is 9.59 Å². The second-order valence-electron chi connectivity index (χ2n) is 5.91. The molecule has 0 bridgehead atoms. The van der Waals surface area contributed by atoms with Gasteiger partial charge in [-0.25, -0.2) is 0 Å². The number of hydrogen-bond acceptors (Lipinski definition) is 5. The van der Waals surface area contributed by atoms with Gasteiger partial charge in [0.15, 0.2) is 0 Å². The van der Waals surface area contributed by atoms with Gasteiger partial charge in [-0.15, -0.1) is 0 Å². The third-order valence-corrected chi connectivity index (χ3v) is 3.62. The van der Waals surface area contributed by atoms with Crippen LogP contribution in [0.15, 0.2) is 11.6 Å². The average molecular weight is 326 g/mol. The first kappa shape index (κ1) is 19.6. The minimum Gasteiger partial charge on any atom is -0.466 e. The molecule has 1 aliphatic heterocycles. The molecule has 0 aliphatic carbocycles. The molecule has 132 valence electrons. The first-order chi connectivity index (χ1) is 11.0. The fourth-order valence-corrected chi connectivity index (χ4v) is 2.44. The van der Waals surface area contributed by atoms with Crippen molar-refractivity contribution in [2.45, 2.75) is 33.6 Å². The standard InChI is InChI=1S/C17H30N2O4/c1-4-23-17(21)6-9-19(16(20)14-15(2)3)8-5-7-18-10-12-22-13-11-18/h14H,4-13H2,1-3H3. The molecule has 1 fully saturated rings. The molecule has 6 nitrogen and oxygen atoms in total. The third-order valence-electron chi connectivity index (χ3n) is 3.62. The summed E-state index contributed by atoms with van der Waals surface area (Å²) in [7, 11) is 0. The van der Waals surface area contributed by atoms with Crippen molar-refractivity contribution in [1.82, 2.24) is 9.80 Å². The van der Waals surface area contributed by atoms with Crippen molar-refractivity contribution >= 4 is 11.9 Å². The summed E-state index contributed by atoms with van der Waals surface area (Å²) in [5.41, 5.74) is 0.962. The smallest absolute Gasteiger partial charge is 0.307 e. The number of hydrogen-bond donors (Lipinski definition) is 0. The van der Waals surface area contributed by atoms with Crippen LogP contribution >= 0.6 is 0 Å². The molecule has 1 aliphatic rings. The van der Waals surface area contributed by atoms with Gasteiger partial charge < -0.3 is 14.4 Å². The molecule has 6 heteroatoms. The van der Waals surface area contributed by atoms with E-state index in [0.29, 0.717) is 19.7 Å². The number of nitrogens with zero attached hydrogens (tertiary/aromatic N) is 2. The summed E-state index contributed by atoms with van der Waals surface area (Å²) < 4.78 is 10.3. The second kappa shape index (κ2) is 11.2. The maximum atomic E-state index is 12.3. The molecule has 0 aromatic heterocycles. The monoisotopic (exact) mass is 326 g/mol. The van der Waals surface area contributed by atoms with E-state index in [0.717, 1.165) is 44.8 Å². The van der Waals surface area contributed by atoms with E-state index in [2.05, 4.69) is 4.90 Å². The Balaban J connectivity index is 2.44. The number of amides is 1. The fraction of sp³-hybridized carbons (Fsp3) is 0.765. The predicted molar refractivity (Wildman–Crippen MR) is 89.1 cm³/mol. The van der Waals surface area contributed by atoms with Gasteiger partial charge in [-0.2, -0.15) is 0 Å². The molecule has 0 saturated carbocycles. The predicted octanol–water partition coefficient (Wildman–Crippen LogP) is 1.46. The highest BCUT2D eigenvalue weighted by molar-refractivity contribution is 5.88. The SMILES string of the molecule is CCOC(=O)CCN(CCCN1CCOCC1)C(=O)C=C(C)C. The maximum Gasteiger partial charge on any atom is 0.307 e. The zero-order valence-corrected chi connectivity index (χ0v) is 14.7. The van der Waals surface area contributed by atoms with Crippen LogP contribution in [-0.2, 0) is 19.1 Å². The molecule has 0 atom stereocenters. The number of allylic oxidation sites excluding steroid dienone is 1. The van der Waals surface area contributed by atoms with Crippen LogP contribution in [0.4, 0.5) is 0 Å². The number of morpholine rings is 1. The van der Waals surface area contributed by atoms with E-state index in [-0.39, 0.29) is 18.3 Å². The quantitative estimate of drug-likeness (QED) is 0.474. The zero-order valence-electron chi connectivity index (χ0n) is 14.7. The van der Waals surface area contributed by atoms with Gasteiger partial charge in [0.05, 0.1) is 26.2 Å². The molecule has 0 aromatic carbocycles. The van der Waals surface area contributed by atoms with Crippen LogP contribution in [0.1, 0.15) is 33.6 Å². The van der Waals surface area contributed by atoms with Crippen molar-refractivity contribution in [1.29, 1.82) is 0 Å². The Kier molecular flexibility index (Phi) is 9.55. The number of esters is 1. The molecule has 1 heterocycles. The first-order valence-electron chi connectivity index (χ1n) is 8.42. The summed E-state index contributed by atoms with van der Waals surface area (Å²) >= 11 is 0. The summed E-state index contributed by atoms with van der Waals surface area (Å²) in [6, 6.07) is 0. The van der Waals surface area contributed by atoms with Crippen LogP contribution in [-0.4, -0.2) is 74.2 Å². The normalized spacial score (nSPS) is 15.1. The lowest BCUT2D eigenvalue weighted by atomic mass is 10.2. The van der Waals surface area contributed by atoms with Crippen LogP contribution in [0, 0.1) is 0 Å². The average Bonchev–Trinajstić information content (AvgIpc) is 2.51. The lowest BCUT2D eigenvalue weighted by Gasteiger charge is -2.28. The zero-order chi connectivity index (χ0) is 17.1. The van der Waals surface area contributed by atoms with Crippen molar-refractivity contribution < 1.29 is 19.1 Å². The van der Waals surface area contributed by atoms with Crippen LogP contribution in [0.2, 0.25) is 0 Å². The molecule has 0 unspecified atom stereocenters. The molecule has 0 N–H and O–H groups in total. The first-order valence-corrected chi connectivity index (χ1v) is 8.42. The van der Waals surface area contributed by atoms with E-state index in [1.54, 1.807) is 17.9 Å². The summed E-state index contributed by atoms with van der Waals surface area (Å²) in [5.74, 6) is -0.285. The van der Waals surface area contributed by atoms with Gasteiger partial charge in [0, 0.05) is 38.8 Å².